The second-order valence-electron chi connectivity index (χ2n) is 15.8. The minimum Gasteiger partial charge on any atom is -0.497 e. The van der Waals surface area contributed by atoms with E-state index in [1.807, 2.05) is 54.6 Å². The Morgan fingerprint density at radius 3 is 2.26 bits per heavy atom. The molecule has 0 aliphatic carbocycles. The Morgan fingerprint density at radius 1 is 0.943 bits per heavy atom. The number of amides is 4. The summed E-state index contributed by atoms with van der Waals surface area (Å²) in [6.07, 6.45) is 2.13. The molecule has 1 spiro atoms. The number of rotatable bonds is 10. The monoisotopic (exact) mass is 736 g/mol. The van der Waals surface area contributed by atoms with Crippen LogP contribution in [0.4, 0.5) is 17.1 Å². The molecule has 8 rings (SSSR count). The standard InChI is InChI=1S/C41H48N4O7Si/c1-26-39(53(3,4)32-13-11-31(51-2)12-14-32)35(23-38(49)42-18-6-9-30(42)25-46)52-41(26)33-22-29(44-20-17-37(44)48)10-15-34(33)45(40(41)50)24-27-7-5-8-28(21-27)43-19-16-36(43)47/h5,7-8,10-15,21-22,26,30,35,39,46H,6,9,16-20,23-25H2,1-4H3/t26-,30+,35+,39-,41+/m1/s1. The molecular weight excluding hydrogens is 689 g/mol. The molecule has 5 aliphatic rings. The van der Waals surface area contributed by atoms with Crippen LogP contribution in [0, 0.1) is 5.92 Å². The number of hydrogen-bond donors (Lipinski definition) is 1. The number of carbonyl (C=O) groups is 4. The van der Waals surface area contributed by atoms with Gasteiger partial charge in [-0.2, -0.15) is 0 Å². The van der Waals surface area contributed by atoms with Crippen molar-refractivity contribution in [1.29, 1.82) is 0 Å². The Labute approximate surface area is 311 Å². The summed E-state index contributed by atoms with van der Waals surface area (Å²) in [6, 6.07) is 21.5. The van der Waals surface area contributed by atoms with E-state index in [1.54, 1.807) is 26.7 Å². The molecule has 4 saturated heterocycles. The predicted octanol–water partition coefficient (Wildman–Crippen LogP) is 4.30. The van der Waals surface area contributed by atoms with Crippen molar-refractivity contribution in [1.82, 2.24) is 4.90 Å². The zero-order valence-corrected chi connectivity index (χ0v) is 31.9. The number of aliphatic hydroxyl groups excluding tert-OH is 1. The molecule has 4 fully saturated rings. The number of β-lactam (4-membered cyclic amide) rings is 2. The Balaban J connectivity index is 1.22. The summed E-state index contributed by atoms with van der Waals surface area (Å²) < 4.78 is 12.7. The van der Waals surface area contributed by atoms with Crippen LogP contribution in [0.15, 0.2) is 66.7 Å². The Morgan fingerprint density at radius 2 is 1.64 bits per heavy atom. The number of fused-ring (bicyclic) bond motifs is 2. The predicted molar refractivity (Wildman–Crippen MR) is 204 cm³/mol. The molecule has 0 bridgehead atoms. The van der Waals surface area contributed by atoms with Gasteiger partial charge in [0.05, 0.1) is 52.6 Å². The molecule has 4 amide bonds. The lowest BCUT2D eigenvalue weighted by molar-refractivity contribution is -0.150. The average molecular weight is 737 g/mol. The average Bonchev–Trinajstić information content (AvgIpc) is 3.81. The van der Waals surface area contributed by atoms with Gasteiger partial charge in [0.1, 0.15) is 5.75 Å². The third kappa shape index (κ3) is 5.68. The minimum atomic E-state index is -2.52. The van der Waals surface area contributed by atoms with Gasteiger partial charge in [0.25, 0.3) is 5.91 Å². The van der Waals surface area contributed by atoms with Gasteiger partial charge in [0.15, 0.2) is 5.60 Å². The summed E-state index contributed by atoms with van der Waals surface area (Å²) in [4.78, 5) is 61.6. The fourth-order valence-corrected chi connectivity index (χ4v) is 13.7. The quantitative estimate of drug-likeness (QED) is 0.244. The van der Waals surface area contributed by atoms with E-state index in [0.29, 0.717) is 32.5 Å². The van der Waals surface area contributed by atoms with Gasteiger partial charge < -0.3 is 34.2 Å². The van der Waals surface area contributed by atoms with E-state index in [0.717, 1.165) is 46.8 Å². The van der Waals surface area contributed by atoms with Crippen LogP contribution in [0.5, 0.6) is 5.75 Å². The van der Waals surface area contributed by atoms with Crippen molar-refractivity contribution >= 4 is 54.0 Å². The van der Waals surface area contributed by atoms with Crippen LogP contribution in [0.2, 0.25) is 18.6 Å². The number of likely N-dealkylation sites (tertiary alicyclic amines) is 1. The van der Waals surface area contributed by atoms with Gasteiger partial charge in [0, 0.05) is 55.3 Å². The molecule has 5 aliphatic heterocycles. The Bertz CT molecular complexity index is 1970. The molecule has 278 valence electrons. The van der Waals surface area contributed by atoms with E-state index in [1.165, 1.54) is 5.19 Å². The van der Waals surface area contributed by atoms with E-state index in [2.05, 4.69) is 32.2 Å². The van der Waals surface area contributed by atoms with Crippen LogP contribution in [0.25, 0.3) is 0 Å². The maximum atomic E-state index is 15.4. The van der Waals surface area contributed by atoms with Gasteiger partial charge >= 0.3 is 0 Å². The third-order valence-electron chi connectivity index (χ3n) is 12.7. The summed E-state index contributed by atoms with van der Waals surface area (Å²) in [5.74, 6) is 0.287. The number of anilines is 3. The van der Waals surface area contributed by atoms with Crippen LogP contribution in [-0.4, -0.2) is 87.2 Å². The second-order valence-corrected chi connectivity index (χ2v) is 20.5. The molecule has 0 radical (unpaired) electrons. The van der Waals surface area contributed by atoms with Crippen LogP contribution in [0.1, 0.15) is 50.2 Å². The van der Waals surface area contributed by atoms with E-state index in [4.69, 9.17) is 9.47 Å². The van der Waals surface area contributed by atoms with Gasteiger partial charge in [-0.15, -0.1) is 0 Å². The lowest BCUT2D eigenvalue weighted by Gasteiger charge is -2.37. The third-order valence-corrected chi connectivity index (χ3v) is 17.0. The Kier molecular flexibility index (Phi) is 8.98. The SMILES string of the molecule is COc1ccc([Si](C)(C)[C@H]2[C@H](CC(=O)N3CCC[C@H]3CO)O[C@@]3(C(=O)N(Cc4cccc(N5CCC5=O)c4)c4ccc(N5CCC5=O)cc43)[C@@H]2C)cc1. The molecular formula is C41H48N4O7Si. The lowest BCUT2D eigenvalue weighted by Crippen LogP contribution is -2.52. The fraction of sp³-hybridized carbons (Fsp3) is 0.463. The van der Waals surface area contributed by atoms with Crippen LogP contribution in [0.3, 0.4) is 0 Å². The number of nitrogens with zero attached hydrogens (tertiary/aromatic N) is 4. The van der Waals surface area contributed by atoms with Crippen molar-refractivity contribution in [2.45, 2.75) is 82.0 Å². The molecule has 5 heterocycles. The lowest BCUT2D eigenvalue weighted by atomic mass is 9.82. The summed E-state index contributed by atoms with van der Waals surface area (Å²) in [5.41, 5.74) is 2.31. The first-order chi connectivity index (χ1) is 25.5. The highest BCUT2D eigenvalue weighted by molar-refractivity contribution is 6.91. The molecule has 0 saturated carbocycles. The maximum absolute atomic E-state index is 15.4. The molecule has 3 aromatic rings. The van der Waals surface area contributed by atoms with E-state index in [9.17, 15) is 19.5 Å². The normalized spacial score (nSPS) is 26.7. The summed E-state index contributed by atoms with van der Waals surface area (Å²) in [7, 11) is -0.876. The molecule has 0 aromatic heterocycles. The topological polar surface area (TPSA) is 120 Å². The first kappa shape index (κ1) is 35.5. The first-order valence-corrected chi connectivity index (χ1v) is 21.9. The van der Waals surface area contributed by atoms with Crippen molar-refractivity contribution in [3.8, 4) is 5.75 Å². The van der Waals surface area contributed by atoms with Crippen molar-refractivity contribution < 1.29 is 33.8 Å². The van der Waals surface area contributed by atoms with Gasteiger partial charge in [-0.05, 0) is 66.4 Å². The number of carbonyl (C=O) groups excluding carboxylic acids is 4. The van der Waals surface area contributed by atoms with Crippen molar-refractivity contribution in [3.05, 3.63) is 77.9 Å². The summed E-state index contributed by atoms with van der Waals surface area (Å²) in [5, 5.41) is 11.3. The van der Waals surface area contributed by atoms with Crippen LogP contribution in [-0.2, 0) is 36.1 Å². The number of aliphatic hydroxyl groups is 1. The first-order valence-electron chi connectivity index (χ1n) is 18.9. The van der Waals surface area contributed by atoms with Gasteiger partial charge in [-0.1, -0.05) is 49.5 Å². The Hall–Kier alpha value is -4.52. The zero-order chi connectivity index (χ0) is 37.2. The van der Waals surface area contributed by atoms with Crippen molar-refractivity contribution in [2.24, 2.45) is 5.92 Å². The highest BCUT2D eigenvalue weighted by Gasteiger charge is 2.66. The number of benzene rings is 3. The van der Waals surface area contributed by atoms with E-state index >= 15 is 4.79 Å². The molecule has 11 nitrogen and oxygen atoms in total. The molecule has 5 atom stereocenters. The largest absolute Gasteiger partial charge is 0.497 e. The molecule has 1 N–H and O–H groups in total. The van der Waals surface area contributed by atoms with Crippen molar-refractivity contribution in [3.63, 3.8) is 0 Å². The van der Waals surface area contributed by atoms with Crippen molar-refractivity contribution in [2.75, 3.05) is 48.1 Å². The van der Waals surface area contributed by atoms with E-state index in [-0.39, 0.29) is 60.7 Å². The van der Waals surface area contributed by atoms with Crippen LogP contribution < -0.4 is 24.6 Å². The second kappa shape index (κ2) is 13.4. The fourth-order valence-electron chi connectivity index (χ4n) is 9.65. The van der Waals surface area contributed by atoms with Gasteiger partial charge in [-0.25, -0.2) is 0 Å². The summed E-state index contributed by atoms with van der Waals surface area (Å²) in [6.45, 7) is 8.73. The number of ether oxygens (including phenoxy) is 2. The number of hydrogen-bond acceptors (Lipinski definition) is 7. The summed E-state index contributed by atoms with van der Waals surface area (Å²) >= 11 is 0. The molecule has 0 unspecified atom stereocenters. The molecule has 12 heteroatoms. The van der Waals surface area contributed by atoms with Gasteiger partial charge in [0.2, 0.25) is 17.7 Å². The molecule has 53 heavy (non-hydrogen) atoms. The minimum absolute atomic E-state index is 0.0383. The highest BCUT2D eigenvalue weighted by atomic mass is 28.3. The smallest absolute Gasteiger partial charge is 0.264 e. The van der Waals surface area contributed by atoms with E-state index < -0.39 is 19.8 Å². The zero-order valence-electron chi connectivity index (χ0n) is 30.9. The highest BCUT2D eigenvalue weighted by Crippen LogP contribution is 2.60. The maximum Gasteiger partial charge on any atom is 0.264 e. The van der Waals surface area contributed by atoms with Gasteiger partial charge in [-0.3, -0.25) is 19.2 Å². The molecule has 3 aromatic carbocycles. The number of methoxy groups -OCH3 is 1. The van der Waals surface area contributed by atoms with Crippen LogP contribution >= 0.6 is 0 Å².